The number of aryl methyl sites for hydroxylation is 6. The minimum atomic E-state index is -3.15. The van der Waals surface area contributed by atoms with E-state index in [0.29, 0.717) is 50.0 Å². The van der Waals surface area contributed by atoms with Crippen LogP contribution in [0.3, 0.4) is 0 Å². The summed E-state index contributed by atoms with van der Waals surface area (Å²) in [5, 5.41) is 11.4. The van der Waals surface area contributed by atoms with Gasteiger partial charge in [-0.1, -0.05) is 91.5 Å². The third-order valence-corrected chi connectivity index (χ3v) is 9.75. The van der Waals surface area contributed by atoms with Crippen molar-refractivity contribution in [3.05, 3.63) is 209 Å². The molecule has 4 heterocycles. The van der Waals surface area contributed by atoms with E-state index in [1.165, 1.54) is 48.8 Å². The standard InChI is InChI=1S/C55H43N4O.Ir/c1-37(2)46-25-26-48-47-14-9-15-49(54(47)60-55(48)50(46)33-56)53-29-24-40(36-59-53)18-21-43-31-41(19-16-38-22-27-51(57-34-38)44-10-5-3-6-11-44)30-42(32-43)20-17-39-23-28-52(58-35-39)45-12-7-4-8-13-45;/h3-10,12,14,22-32,34-37H,16-21H2,1-2H3;/q-3;+3/i16D2,17D2,18D2,19D2,20D2,21D2,37D;. The first-order chi connectivity index (χ1) is 34.3. The first kappa shape index (κ1) is 28.1. The van der Waals surface area contributed by atoms with E-state index in [1.807, 2.05) is 0 Å². The number of pyridine rings is 3. The van der Waals surface area contributed by atoms with Gasteiger partial charge in [0.1, 0.15) is 11.7 Å². The monoisotopic (exact) mass is 981 g/mol. The molecule has 5 aromatic carbocycles. The number of nitrogens with zero attached hydrogens (tertiary/aromatic N) is 4. The molecule has 0 radical (unpaired) electrons. The van der Waals surface area contributed by atoms with Crippen molar-refractivity contribution in [2.24, 2.45) is 0 Å². The molecule has 0 saturated carbocycles. The molecule has 5 nitrogen and oxygen atoms in total. The van der Waals surface area contributed by atoms with Gasteiger partial charge in [0, 0.05) is 41.8 Å². The Kier molecular flexibility index (Phi) is 8.67. The van der Waals surface area contributed by atoms with Crippen molar-refractivity contribution in [3.8, 4) is 39.8 Å². The van der Waals surface area contributed by atoms with Gasteiger partial charge in [0.05, 0.1) is 11.1 Å². The Morgan fingerprint density at radius 3 is 1.51 bits per heavy atom. The van der Waals surface area contributed by atoms with Crippen molar-refractivity contribution in [1.82, 2.24) is 15.0 Å². The van der Waals surface area contributed by atoms with E-state index in [1.54, 1.807) is 86.6 Å². The third kappa shape index (κ3) is 9.30. The minimum absolute atomic E-state index is 0. The summed E-state index contributed by atoms with van der Waals surface area (Å²) in [6.07, 6.45) is -14.8. The fourth-order valence-corrected chi connectivity index (χ4v) is 6.78. The fourth-order valence-electron chi connectivity index (χ4n) is 6.78. The van der Waals surface area contributed by atoms with Crippen molar-refractivity contribution in [1.29, 1.82) is 5.26 Å². The maximum absolute atomic E-state index is 10.1. The molecular formula is C55H43IrN4O. The molecule has 0 atom stereocenters. The van der Waals surface area contributed by atoms with Crippen molar-refractivity contribution in [2.75, 3.05) is 0 Å². The third-order valence-electron chi connectivity index (χ3n) is 9.75. The smallest absolute Gasteiger partial charge is 0.499 e. The molecule has 0 saturated heterocycles. The number of benzene rings is 5. The number of furan rings is 1. The summed E-state index contributed by atoms with van der Waals surface area (Å²) in [7, 11) is 0. The summed E-state index contributed by atoms with van der Waals surface area (Å²) < 4.78 is 127. The molecule has 9 rings (SSSR count). The van der Waals surface area contributed by atoms with Crippen molar-refractivity contribution >= 4 is 21.9 Å². The number of rotatable bonds is 13. The SMILES string of the molecule is [2H]C(C)(C)c1ccc2c(oc3c(-c4ccc(C([2H])([2H])C([2H])([2H])c5cc(C([2H])([2H])C([2H])([2H])c6ccc(-c7[c-]cccc7)nc6)cc(C([2H])([2H])C([2H])([2H])c6ccc(-c7[c-]cccc7)nc6)c5)cn4)[c-]ccc32)c1C#N.[Ir+3]. The quantitative estimate of drug-likeness (QED) is 0.108. The van der Waals surface area contributed by atoms with Crippen LogP contribution in [0.1, 0.15) is 82.1 Å². The van der Waals surface area contributed by atoms with E-state index in [-0.39, 0.29) is 53.6 Å². The molecule has 0 spiro atoms. The molecule has 0 fully saturated rings. The van der Waals surface area contributed by atoms with Crippen LogP contribution in [0.2, 0.25) is 0 Å². The first-order valence-corrected chi connectivity index (χ1v) is 19.1. The molecule has 61 heavy (non-hydrogen) atoms. The van der Waals surface area contributed by atoms with E-state index in [9.17, 15) is 21.7 Å². The Morgan fingerprint density at radius 2 is 1.07 bits per heavy atom. The molecule has 4 aromatic heterocycles. The second kappa shape index (κ2) is 18.8. The van der Waals surface area contributed by atoms with Crippen molar-refractivity contribution < 1.29 is 42.3 Å². The van der Waals surface area contributed by atoms with E-state index in [0.717, 1.165) is 24.4 Å². The molecule has 0 bridgehead atoms. The summed E-state index contributed by atoms with van der Waals surface area (Å²) in [6.45, 7) is 3.34. The van der Waals surface area contributed by atoms with Crippen molar-refractivity contribution in [2.45, 2.75) is 58.0 Å². The normalized spacial score (nSPS) is 15.9. The number of aromatic nitrogens is 3. The zero-order valence-corrected chi connectivity index (χ0v) is 35.3. The van der Waals surface area contributed by atoms with Crippen LogP contribution >= 0.6 is 0 Å². The van der Waals surface area contributed by atoms with Crippen LogP contribution in [0.4, 0.5) is 0 Å². The molecule has 0 unspecified atom stereocenters. The Balaban J connectivity index is 0.00000729. The molecule has 0 amide bonds. The summed E-state index contributed by atoms with van der Waals surface area (Å²) in [5.74, 6) is -1.10. The molecular weight excluding hydrogens is 925 g/mol. The van der Waals surface area contributed by atoms with Crippen LogP contribution in [-0.4, -0.2) is 15.0 Å². The van der Waals surface area contributed by atoms with Gasteiger partial charge < -0.3 is 19.4 Å². The summed E-state index contributed by atoms with van der Waals surface area (Å²) >= 11 is 0. The van der Waals surface area contributed by atoms with Gasteiger partial charge in [-0.05, 0) is 100 Å². The van der Waals surface area contributed by atoms with Gasteiger partial charge in [0.15, 0.2) is 0 Å². The summed E-state index contributed by atoms with van der Waals surface area (Å²) in [6, 6.07) is 43.6. The minimum Gasteiger partial charge on any atom is -0.499 e. The van der Waals surface area contributed by atoms with Crippen LogP contribution in [0.15, 0.2) is 150 Å². The number of nitriles is 1. The van der Waals surface area contributed by atoms with Crippen LogP contribution in [0.5, 0.6) is 0 Å². The fraction of sp³-hybridized carbons (Fsp3) is 0.164. The maximum Gasteiger partial charge on any atom is 3.00 e. The van der Waals surface area contributed by atoms with Crippen molar-refractivity contribution in [3.63, 3.8) is 0 Å². The Morgan fingerprint density at radius 1 is 0.574 bits per heavy atom. The Hall–Kier alpha value is -6.51. The predicted octanol–water partition coefficient (Wildman–Crippen LogP) is 12.5. The van der Waals surface area contributed by atoms with E-state index in [4.69, 9.17) is 5.79 Å². The number of fused-ring (bicyclic) bond motifs is 3. The molecule has 0 aliphatic carbocycles. The summed E-state index contributed by atoms with van der Waals surface area (Å²) in [5.41, 5.74) is 1.48. The molecule has 6 heteroatoms. The van der Waals surface area contributed by atoms with Gasteiger partial charge in [-0.3, -0.25) is 0 Å². The van der Waals surface area contributed by atoms with E-state index in [2.05, 4.69) is 39.2 Å². The number of hydrogen-bond donors (Lipinski definition) is 0. The second-order valence-corrected chi connectivity index (χ2v) is 14.1. The average Bonchev–Trinajstić information content (AvgIpc) is 3.77. The molecule has 0 aliphatic rings. The van der Waals surface area contributed by atoms with Crippen LogP contribution in [0, 0.1) is 29.5 Å². The topological polar surface area (TPSA) is 75.6 Å². The molecule has 9 aromatic rings. The summed E-state index contributed by atoms with van der Waals surface area (Å²) in [4.78, 5) is 13.2. The van der Waals surface area contributed by atoms with Gasteiger partial charge >= 0.3 is 20.1 Å². The van der Waals surface area contributed by atoms with Gasteiger partial charge in [-0.2, -0.15) is 5.26 Å². The molecule has 0 aliphatic heterocycles. The Labute approximate surface area is 389 Å². The maximum atomic E-state index is 10.1. The molecule has 0 N–H and O–H groups in total. The van der Waals surface area contributed by atoms with Crippen LogP contribution in [-0.2, 0) is 58.3 Å². The predicted molar refractivity (Wildman–Crippen MR) is 240 cm³/mol. The zero-order valence-electron chi connectivity index (χ0n) is 45.9. The van der Waals surface area contributed by atoms with E-state index < -0.39 is 60.8 Å². The van der Waals surface area contributed by atoms with Gasteiger partial charge in [0.25, 0.3) is 0 Å². The van der Waals surface area contributed by atoms with Crippen LogP contribution in [0.25, 0.3) is 55.7 Å². The van der Waals surface area contributed by atoms with E-state index >= 15 is 0 Å². The van der Waals surface area contributed by atoms with Gasteiger partial charge in [-0.25, -0.2) is 0 Å². The first-order valence-electron chi connectivity index (χ1n) is 25.6. The average molecular weight is 981 g/mol. The van der Waals surface area contributed by atoms with Gasteiger partial charge in [-0.15, -0.1) is 90.0 Å². The number of hydrogen-bond acceptors (Lipinski definition) is 5. The molecule has 298 valence electrons. The van der Waals surface area contributed by atoms with Crippen LogP contribution < -0.4 is 0 Å². The zero-order chi connectivity index (χ0) is 52.5. The second-order valence-electron chi connectivity index (χ2n) is 14.1. The largest absolute Gasteiger partial charge is 3.00 e. The van der Waals surface area contributed by atoms with Gasteiger partial charge in [0.2, 0.25) is 0 Å². The Bertz CT molecular complexity index is 3440.